The number of anilines is 2. The summed E-state index contributed by atoms with van der Waals surface area (Å²) in [5.41, 5.74) is 3.93. The van der Waals surface area contributed by atoms with E-state index < -0.39 is 0 Å². The van der Waals surface area contributed by atoms with Crippen LogP contribution in [0.2, 0.25) is 0 Å². The van der Waals surface area contributed by atoms with Crippen LogP contribution in [0.25, 0.3) is 11.1 Å². The number of hydrogen-bond donors (Lipinski definition) is 2. The zero-order chi connectivity index (χ0) is 33.1. The number of carbonyl (C=O) groups is 1. The van der Waals surface area contributed by atoms with Gasteiger partial charge in [0.1, 0.15) is 11.9 Å². The van der Waals surface area contributed by atoms with Crippen molar-refractivity contribution in [2.45, 2.75) is 82.3 Å². The maximum atomic E-state index is 13.8. The number of urea groups is 1. The van der Waals surface area contributed by atoms with E-state index in [1.54, 1.807) is 23.3 Å². The summed E-state index contributed by atoms with van der Waals surface area (Å²) in [4.78, 5) is 29.7. The van der Waals surface area contributed by atoms with Crippen molar-refractivity contribution < 1.29 is 4.79 Å². The van der Waals surface area contributed by atoms with Crippen LogP contribution >= 0.6 is 0 Å². The monoisotopic (exact) mass is 640 g/mol. The minimum atomic E-state index is -0.276. The highest BCUT2D eigenvalue weighted by Gasteiger charge is 2.51. The number of rotatable bonds is 9. The van der Waals surface area contributed by atoms with Crippen molar-refractivity contribution in [1.29, 1.82) is 10.5 Å². The van der Waals surface area contributed by atoms with E-state index in [2.05, 4.69) is 32.9 Å². The molecular weight excluding hydrogens is 600 g/mol. The second kappa shape index (κ2) is 13.4. The van der Waals surface area contributed by atoms with Crippen LogP contribution in [0.5, 0.6) is 0 Å². The van der Waals surface area contributed by atoms with Gasteiger partial charge in [-0.2, -0.15) is 15.6 Å². The molecule has 3 saturated carbocycles. The number of nitrogens with zero attached hydrogens (tertiary/aromatic N) is 8. The summed E-state index contributed by atoms with van der Waals surface area (Å²) in [7, 11) is 1.88. The number of nitrogens with one attached hydrogen (secondary N) is 2. The third-order valence-electron chi connectivity index (χ3n) is 10.4. The van der Waals surface area contributed by atoms with Gasteiger partial charge in [-0.15, -0.1) is 0 Å². The molecule has 0 spiro atoms. The Hall–Kier alpha value is -5.29. The third kappa shape index (κ3) is 6.59. The van der Waals surface area contributed by atoms with Crippen LogP contribution in [0.3, 0.4) is 0 Å². The van der Waals surface area contributed by atoms with Crippen molar-refractivity contribution in [1.82, 2.24) is 30.0 Å². The fraction of sp³-hybridized carbons (Fsp3) is 0.432. The lowest BCUT2D eigenvalue weighted by atomic mass is 9.81. The summed E-state index contributed by atoms with van der Waals surface area (Å²) in [6.07, 6.45) is 15.1. The Morgan fingerprint density at radius 1 is 0.979 bits per heavy atom. The molecule has 11 heteroatoms. The molecule has 3 heterocycles. The lowest BCUT2D eigenvalue weighted by molar-refractivity contribution is 0.240. The van der Waals surface area contributed by atoms with Crippen LogP contribution in [0, 0.1) is 34.0 Å². The first-order valence-corrected chi connectivity index (χ1v) is 17.0. The van der Waals surface area contributed by atoms with Gasteiger partial charge in [-0.25, -0.2) is 19.7 Å². The Morgan fingerprint density at radius 3 is 2.46 bits per heavy atom. The highest BCUT2D eigenvalue weighted by atomic mass is 16.2. The van der Waals surface area contributed by atoms with E-state index in [1.807, 2.05) is 60.6 Å². The van der Waals surface area contributed by atoms with E-state index in [1.165, 1.54) is 0 Å². The molecule has 7 rings (SSSR count). The zero-order valence-corrected chi connectivity index (χ0v) is 27.2. The average molecular weight is 641 g/mol. The third-order valence-corrected chi connectivity index (χ3v) is 10.4. The molecule has 0 bridgehead atoms. The summed E-state index contributed by atoms with van der Waals surface area (Å²) in [6, 6.07) is 18.6. The van der Waals surface area contributed by atoms with Gasteiger partial charge in [0.05, 0.1) is 35.1 Å². The molecule has 2 N–H and O–H groups in total. The SMILES string of the molecule is Cn1cc(-c2ccc(N(C(=O)NCc3ccccc3)C3CCC(Nc4ncc(C#N)c(C5CC[C@@](C#N)(C6CC6)C5)n4)CC3)nc2)cn1. The van der Waals surface area contributed by atoms with E-state index in [9.17, 15) is 15.3 Å². The van der Waals surface area contributed by atoms with Crippen molar-refractivity contribution in [2.75, 3.05) is 10.2 Å². The quantitative estimate of drug-likeness (QED) is 0.211. The van der Waals surface area contributed by atoms with E-state index >= 15 is 0 Å². The van der Waals surface area contributed by atoms with Gasteiger partial charge in [0.15, 0.2) is 0 Å². The van der Waals surface area contributed by atoms with E-state index in [-0.39, 0.29) is 29.4 Å². The van der Waals surface area contributed by atoms with Crippen molar-refractivity contribution in [3.05, 3.63) is 84.1 Å². The predicted molar refractivity (Wildman–Crippen MR) is 181 cm³/mol. The minimum Gasteiger partial charge on any atom is -0.351 e. The van der Waals surface area contributed by atoms with Gasteiger partial charge in [-0.1, -0.05) is 30.3 Å². The summed E-state index contributed by atoms with van der Waals surface area (Å²) < 4.78 is 1.76. The van der Waals surface area contributed by atoms with Crippen LogP contribution in [0.1, 0.15) is 80.5 Å². The van der Waals surface area contributed by atoms with Gasteiger partial charge in [-0.3, -0.25) is 9.58 Å². The number of pyridine rings is 1. The first-order chi connectivity index (χ1) is 23.4. The number of hydrogen-bond acceptors (Lipinski definition) is 8. The molecular formula is C37H40N10O. The number of aryl methyl sites for hydroxylation is 1. The molecule has 1 aromatic carbocycles. The molecule has 244 valence electrons. The molecule has 2 amide bonds. The van der Waals surface area contributed by atoms with Crippen molar-refractivity contribution in [3.8, 4) is 23.3 Å². The second-order valence-electron chi connectivity index (χ2n) is 13.6. The molecule has 48 heavy (non-hydrogen) atoms. The fourth-order valence-corrected chi connectivity index (χ4v) is 7.62. The van der Waals surface area contributed by atoms with Crippen LogP contribution in [-0.2, 0) is 13.6 Å². The number of amides is 2. The summed E-state index contributed by atoms with van der Waals surface area (Å²) >= 11 is 0. The van der Waals surface area contributed by atoms with Gasteiger partial charge in [0.25, 0.3) is 0 Å². The minimum absolute atomic E-state index is 0.0342. The maximum absolute atomic E-state index is 13.8. The fourth-order valence-electron chi connectivity index (χ4n) is 7.62. The molecule has 11 nitrogen and oxygen atoms in total. The van der Waals surface area contributed by atoms with Crippen molar-refractivity contribution >= 4 is 17.8 Å². The van der Waals surface area contributed by atoms with Crippen LogP contribution < -0.4 is 15.5 Å². The topological polar surface area (TPSA) is 148 Å². The molecule has 3 aliphatic rings. The molecule has 3 aliphatic carbocycles. The molecule has 0 radical (unpaired) electrons. The highest BCUT2D eigenvalue weighted by Crippen LogP contribution is 2.58. The predicted octanol–water partition coefficient (Wildman–Crippen LogP) is 6.47. The number of aromatic nitrogens is 5. The largest absolute Gasteiger partial charge is 0.351 e. The molecule has 4 aromatic rings. The van der Waals surface area contributed by atoms with E-state index in [0.717, 1.165) is 80.2 Å². The van der Waals surface area contributed by atoms with Gasteiger partial charge >= 0.3 is 6.03 Å². The normalized spacial score (nSPS) is 23.5. The Bertz CT molecular complexity index is 1830. The van der Waals surface area contributed by atoms with Crippen LogP contribution in [0.15, 0.2) is 67.3 Å². The maximum Gasteiger partial charge on any atom is 0.323 e. The number of carbonyl (C=O) groups excluding carboxylic acids is 1. The summed E-state index contributed by atoms with van der Waals surface area (Å²) in [5, 5.41) is 30.7. The summed E-state index contributed by atoms with van der Waals surface area (Å²) in [6.45, 7) is 0.427. The van der Waals surface area contributed by atoms with Gasteiger partial charge in [0, 0.05) is 55.1 Å². The van der Waals surface area contributed by atoms with Crippen LogP contribution in [-0.4, -0.2) is 42.8 Å². The Balaban J connectivity index is 1.04. The highest BCUT2D eigenvalue weighted by molar-refractivity contribution is 5.91. The Labute approximate surface area is 281 Å². The Kier molecular flexibility index (Phi) is 8.77. The zero-order valence-electron chi connectivity index (χ0n) is 27.2. The Morgan fingerprint density at radius 2 is 1.79 bits per heavy atom. The average Bonchev–Trinajstić information content (AvgIpc) is 3.75. The molecule has 3 aromatic heterocycles. The second-order valence-corrected chi connectivity index (χ2v) is 13.6. The van der Waals surface area contributed by atoms with Crippen molar-refractivity contribution in [3.63, 3.8) is 0 Å². The smallest absolute Gasteiger partial charge is 0.323 e. The van der Waals surface area contributed by atoms with Gasteiger partial charge in [-0.05, 0) is 81.4 Å². The van der Waals surface area contributed by atoms with E-state index in [4.69, 9.17) is 9.97 Å². The van der Waals surface area contributed by atoms with Crippen molar-refractivity contribution in [2.24, 2.45) is 18.4 Å². The first-order valence-electron chi connectivity index (χ1n) is 17.0. The first kappa shape index (κ1) is 31.3. The van der Waals surface area contributed by atoms with E-state index in [0.29, 0.717) is 29.8 Å². The lowest BCUT2D eigenvalue weighted by Crippen LogP contribution is -2.49. The molecule has 1 unspecified atom stereocenters. The number of benzene rings is 1. The number of nitriles is 2. The molecule has 2 atom stereocenters. The standard InChI is InChI=1S/C37H40N10O/c1-46-23-29(22-43-46)27-7-14-33(40-20-27)47(36(48)42-19-25-5-3-2-4-6-25)32-12-10-31(11-13-32)44-35-41-21-28(18-38)34(45-35)26-15-16-37(17-26,24-39)30-8-9-30/h2-7,14,20-23,26,30-32H,8-13,15-17,19H2,1H3,(H,42,48)(H,41,44,45)/t26?,31?,32?,37-/m1/s1. The molecule has 3 fully saturated rings. The molecule has 0 aliphatic heterocycles. The summed E-state index contributed by atoms with van der Waals surface area (Å²) in [5.74, 6) is 1.72. The van der Waals surface area contributed by atoms with Gasteiger partial charge in [0.2, 0.25) is 5.95 Å². The van der Waals surface area contributed by atoms with Gasteiger partial charge < -0.3 is 10.6 Å². The molecule has 0 saturated heterocycles. The van der Waals surface area contributed by atoms with Crippen LogP contribution in [0.4, 0.5) is 16.6 Å². The lowest BCUT2D eigenvalue weighted by Gasteiger charge is -2.36.